The molecule has 90 valence electrons. The first kappa shape index (κ1) is 13.3. The number of hydrogen-bond acceptors (Lipinski definition) is 1. The molecule has 0 bridgehead atoms. The van der Waals surface area contributed by atoms with Crippen molar-refractivity contribution in [3.63, 3.8) is 0 Å². The van der Waals surface area contributed by atoms with Crippen molar-refractivity contribution in [1.82, 2.24) is 5.32 Å². The Bertz CT molecular complexity index is 177. The van der Waals surface area contributed by atoms with Crippen LogP contribution in [0.5, 0.6) is 0 Å². The zero-order valence-corrected chi connectivity index (χ0v) is 11.3. The highest BCUT2D eigenvalue weighted by Gasteiger charge is 2.32. The summed E-state index contributed by atoms with van der Waals surface area (Å²) in [7, 11) is 0. The van der Waals surface area contributed by atoms with Crippen LogP contribution in [0.15, 0.2) is 0 Å². The molecular formula is C13H26ClN. The van der Waals surface area contributed by atoms with Gasteiger partial charge in [-0.05, 0) is 36.6 Å². The fourth-order valence-electron chi connectivity index (χ4n) is 2.30. The minimum absolute atomic E-state index is 0.416. The summed E-state index contributed by atoms with van der Waals surface area (Å²) in [6.45, 7) is 9.12. The Balaban J connectivity index is 2.18. The average Bonchev–Trinajstić information content (AvgIpc) is 2.60. The van der Waals surface area contributed by atoms with E-state index in [0.29, 0.717) is 10.8 Å². The maximum atomic E-state index is 6.09. The molecule has 1 saturated carbocycles. The Morgan fingerprint density at radius 3 is 2.27 bits per heavy atom. The van der Waals surface area contributed by atoms with E-state index < -0.39 is 0 Å². The van der Waals surface area contributed by atoms with Crippen LogP contribution >= 0.6 is 11.6 Å². The highest BCUT2D eigenvalue weighted by molar-refractivity contribution is 6.18. The summed E-state index contributed by atoms with van der Waals surface area (Å²) in [5.74, 6) is 0.829. The number of rotatable bonds is 5. The van der Waals surface area contributed by atoms with Crippen LogP contribution in [0.3, 0.4) is 0 Å². The molecule has 0 heterocycles. The van der Waals surface area contributed by atoms with Gasteiger partial charge in [0.25, 0.3) is 0 Å². The van der Waals surface area contributed by atoms with Crippen LogP contribution in [0.4, 0.5) is 0 Å². The largest absolute Gasteiger partial charge is 0.316 e. The summed E-state index contributed by atoms with van der Waals surface area (Å²) >= 11 is 6.09. The smallest absolute Gasteiger partial charge is 0.0292 e. The minimum Gasteiger partial charge on any atom is -0.316 e. The SMILES string of the molecule is CC(C)(C)CCNCC1(CCl)CCCC1. The molecule has 0 atom stereocenters. The highest BCUT2D eigenvalue weighted by Crippen LogP contribution is 2.38. The monoisotopic (exact) mass is 231 g/mol. The van der Waals surface area contributed by atoms with Gasteiger partial charge < -0.3 is 5.32 Å². The molecule has 0 aromatic carbocycles. The number of nitrogens with one attached hydrogen (secondary N) is 1. The van der Waals surface area contributed by atoms with Gasteiger partial charge in [-0.1, -0.05) is 33.6 Å². The Morgan fingerprint density at radius 1 is 1.20 bits per heavy atom. The zero-order chi connectivity index (χ0) is 11.4. The molecule has 1 N–H and O–H groups in total. The maximum Gasteiger partial charge on any atom is 0.0292 e. The summed E-state index contributed by atoms with van der Waals surface area (Å²) in [5.41, 5.74) is 0.857. The van der Waals surface area contributed by atoms with Gasteiger partial charge in [-0.15, -0.1) is 11.6 Å². The molecule has 15 heavy (non-hydrogen) atoms. The van der Waals surface area contributed by atoms with Crippen LogP contribution in [-0.4, -0.2) is 19.0 Å². The predicted octanol–water partition coefficient (Wildman–Crippen LogP) is 3.81. The third-order valence-electron chi connectivity index (χ3n) is 3.50. The lowest BCUT2D eigenvalue weighted by molar-refractivity contribution is 0.301. The first-order chi connectivity index (χ1) is 6.97. The summed E-state index contributed by atoms with van der Waals surface area (Å²) in [6, 6.07) is 0. The fourth-order valence-corrected chi connectivity index (χ4v) is 2.66. The van der Waals surface area contributed by atoms with Gasteiger partial charge in [0.15, 0.2) is 0 Å². The maximum absolute atomic E-state index is 6.09. The lowest BCUT2D eigenvalue weighted by Gasteiger charge is -2.27. The minimum atomic E-state index is 0.416. The Labute approximate surface area is 100.0 Å². The second kappa shape index (κ2) is 5.54. The second-order valence-corrected chi connectivity index (χ2v) is 6.60. The van der Waals surface area contributed by atoms with E-state index in [-0.39, 0.29) is 0 Å². The quantitative estimate of drug-likeness (QED) is 0.561. The average molecular weight is 232 g/mol. The molecule has 1 rings (SSSR count). The number of halogens is 1. The van der Waals surface area contributed by atoms with Crippen LogP contribution in [0, 0.1) is 10.8 Å². The van der Waals surface area contributed by atoms with E-state index in [4.69, 9.17) is 11.6 Å². The molecule has 0 unspecified atom stereocenters. The van der Waals surface area contributed by atoms with Gasteiger partial charge >= 0.3 is 0 Å². The van der Waals surface area contributed by atoms with Gasteiger partial charge in [0.1, 0.15) is 0 Å². The lowest BCUT2D eigenvalue weighted by atomic mass is 9.88. The van der Waals surface area contributed by atoms with Gasteiger partial charge in [0, 0.05) is 12.4 Å². The van der Waals surface area contributed by atoms with Gasteiger partial charge in [-0.25, -0.2) is 0 Å². The van der Waals surface area contributed by atoms with Crippen molar-refractivity contribution in [2.45, 2.75) is 52.9 Å². The molecule has 0 aromatic heterocycles. The first-order valence-electron chi connectivity index (χ1n) is 6.24. The van der Waals surface area contributed by atoms with E-state index >= 15 is 0 Å². The lowest BCUT2D eigenvalue weighted by Crippen LogP contribution is -2.35. The van der Waals surface area contributed by atoms with Crippen molar-refractivity contribution in [3.8, 4) is 0 Å². The Kier molecular flexibility index (Phi) is 4.92. The van der Waals surface area contributed by atoms with E-state index in [2.05, 4.69) is 26.1 Å². The van der Waals surface area contributed by atoms with Gasteiger partial charge in [0.2, 0.25) is 0 Å². The van der Waals surface area contributed by atoms with Gasteiger partial charge in [-0.2, -0.15) is 0 Å². The standard InChI is InChI=1S/C13H26ClN/c1-12(2,3)8-9-15-11-13(10-14)6-4-5-7-13/h15H,4-11H2,1-3H3. The molecule has 2 heteroatoms. The van der Waals surface area contributed by atoms with Crippen molar-refractivity contribution in [3.05, 3.63) is 0 Å². The summed E-state index contributed by atoms with van der Waals surface area (Å²) in [5, 5.41) is 3.59. The van der Waals surface area contributed by atoms with E-state index in [1.54, 1.807) is 0 Å². The molecule has 1 fully saturated rings. The van der Waals surface area contributed by atoms with Gasteiger partial charge in [0.05, 0.1) is 0 Å². The highest BCUT2D eigenvalue weighted by atomic mass is 35.5. The summed E-state index contributed by atoms with van der Waals surface area (Å²) < 4.78 is 0. The molecule has 0 aromatic rings. The third-order valence-corrected chi connectivity index (χ3v) is 4.07. The normalized spacial score (nSPS) is 20.8. The van der Waals surface area contributed by atoms with Crippen LogP contribution in [0.1, 0.15) is 52.9 Å². The van der Waals surface area contributed by atoms with E-state index in [1.165, 1.54) is 32.1 Å². The van der Waals surface area contributed by atoms with Crippen LogP contribution in [-0.2, 0) is 0 Å². The molecule has 0 amide bonds. The molecular weight excluding hydrogens is 206 g/mol. The van der Waals surface area contributed by atoms with Crippen molar-refractivity contribution in [2.24, 2.45) is 10.8 Å². The van der Waals surface area contributed by atoms with Crippen LogP contribution in [0.25, 0.3) is 0 Å². The van der Waals surface area contributed by atoms with Crippen molar-refractivity contribution < 1.29 is 0 Å². The molecule has 1 aliphatic carbocycles. The number of alkyl halides is 1. The molecule has 0 radical (unpaired) electrons. The molecule has 0 saturated heterocycles. The van der Waals surface area contributed by atoms with Crippen LogP contribution < -0.4 is 5.32 Å². The molecule has 1 nitrogen and oxygen atoms in total. The number of hydrogen-bond donors (Lipinski definition) is 1. The van der Waals surface area contributed by atoms with Gasteiger partial charge in [-0.3, -0.25) is 0 Å². The second-order valence-electron chi connectivity index (χ2n) is 6.33. The zero-order valence-electron chi connectivity index (χ0n) is 10.5. The third kappa shape index (κ3) is 4.74. The summed E-state index contributed by atoms with van der Waals surface area (Å²) in [4.78, 5) is 0. The van der Waals surface area contributed by atoms with Crippen molar-refractivity contribution in [1.29, 1.82) is 0 Å². The van der Waals surface area contributed by atoms with Crippen molar-refractivity contribution >= 4 is 11.6 Å². The summed E-state index contributed by atoms with van der Waals surface area (Å²) in [6.07, 6.45) is 6.62. The van der Waals surface area contributed by atoms with E-state index in [1.807, 2.05) is 0 Å². The molecule has 1 aliphatic rings. The molecule has 0 aliphatic heterocycles. The Hall–Kier alpha value is 0.250. The van der Waals surface area contributed by atoms with Crippen molar-refractivity contribution in [2.75, 3.05) is 19.0 Å². The topological polar surface area (TPSA) is 12.0 Å². The molecule has 0 spiro atoms. The van der Waals surface area contributed by atoms with E-state index in [9.17, 15) is 0 Å². The Morgan fingerprint density at radius 2 is 1.80 bits per heavy atom. The predicted molar refractivity (Wildman–Crippen MR) is 68.6 cm³/mol. The van der Waals surface area contributed by atoms with Crippen LogP contribution in [0.2, 0.25) is 0 Å². The fraction of sp³-hybridized carbons (Fsp3) is 1.00. The van der Waals surface area contributed by atoms with E-state index in [0.717, 1.165) is 19.0 Å². The first-order valence-corrected chi connectivity index (χ1v) is 6.78.